The average molecular weight is 456 g/mol. The molecule has 9 nitrogen and oxygen atoms in total. The molecule has 1 aromatic heterocycles. The summed E-state index contributed by atoms with van der Waals surface area (Å²) in [6.07, 6.45) is 2.96. The summed E-state index contributed by atoms with van der Waals surface area (Å²) >= 11 is 0. The van der Waals surface area contributed by atoms with Crippen LogP contribution in [-0.4, -0.2) is 79.2 Å². The number of ether oxygens (including phenoxy) is 2. The van der Waals surface area contributed by atoms with Gasteiger partial charge >= 0.3 is 0 Å². The number of hydrogen-bond acceptors (Lipinski definition) is 6. The third kappa shape index (κ3) is 4.79. The number of nitrogens with zero attached hydrogens (tertiary/aromatic N) is 2. The van der Waals surface area contributed by atoms with E-state index in [4.69, 9.17) is 13.9 Å². The van der Waals surface area contributed by atoms with Gasteiger partial charge in [0.05, 0.1) is 12.9 Å². The molecule has 3 amide bonds. The first kappa shape index (κ1) is 23.0. The third-order valence-corrected chi connectivity index (χ3v) is 6.19. The summed E-state index contributed by atoms with van der Waals surface area (Å²) in [6.45, 7) is 1.88. The van der Waals surface area contributed by atoms with Crippen LogP contribution in [0.1, 0.15) is 40.2 Å². The fourth-order valence-corrected chi connectivity index (χ4v) is 4.45. The van der Waals surface area contributed by atoms with Crippen molar-refractivity contribution in [2.24, 2.45) is 0 Å². The highest BCUT2D eigenvalue weighted by Gasteiger charge is 2.54. The number of nitrogens with one attached hydrogen (secondary N) is 1. The summed E-state index contributed by atoms with van der Waals surface area (Å²) in [4.78, 5) is 42.5. The standard InChI is InChI=1S/C24H29N3O6/c1-31-15-6-12-25-21(28)19-17-33-24(27(19)22(29)18-7-3-2-4-8-18)10-13-26(14-11-24)23(30)20-9-5-16-32-20/h2-5,7-9,16,19H,6,10-15,17H2,1H3,(H,25,28). The van der Waals surface area contributed by atoms with Gasteiger partial charge < -0.3 is 24.1 Å². The number of furan rings is 1. The van der Waals surface area contributed by atoms with Crippen molar-refractivity contribution in [1.82, 2.24) is 15.1 Å². The van der Waals surface area contributed by atoms with Crippen molar-refractivity contribution in [3.8, 4) is 0 Å². The lowest BCUT2D eigenvalue weighted by Crippen LogP contribution is -2.59. The summed E-state index contributed by atoms with van der Waals surface area (Å²) in [7, 11) is 1.61. The van der Waals surface area contributed by atoms with E-state index in [0.717, 1.165) is 0 Å². The van der Waals surface area contributed by atoms with Gasteiger partial charge in [-0.3, -0.25) is 19.3 Å². The Hall–Kier alpha value is -3.17. The zero-order valence-electron chi connectivity index (χ0n) is 18.7. The van der Waals surface area contributed by atoms with Crippen LogP contribution >= 0.6 is 0 Å². The van der Waals surface area contributed by atoms with Gasteiger partial charge in [-0.05, 0) is 30.7 Å². The Kier molecular flexibility index (Phi) is 7.10. The minimum atomic E-state index is -0.943. The number of benzene rings is 1. The van der Waals surface area contributed by atoms with E-state index in [1.54, 1.807) is 53.3 Å². The Balaban J connectivity index is 1.52. The second-order valence-corrected chi connectivity index (χ2v) is 8.22. The number of hydrogen-bond donors (Lipinski definition) is 1. The largest absolute Gasteiger partial charge is 0.459 e. The molecule has 0 radical (unpaired) electrons. The molecule has 2 aliphatic heterocycles. The monoisotopic (exact) mass is 455 g/mol. The second kappa shape index (κ2) is 10.2. The lowest BCUT2D eigenvalue weighted by atomic mass is 9.96. The highest BCUT2D eigenvalue weighted by Crippen LogP contribution is 2.38. The number of likely N-dealkylation sites (tertiary alicyclic amines) is 1. The van der Waals surface area contributed by atoms with Crippen molar-refractivity contribution in [3.63, 3.8) is 0 Å². The van der Waals surface area contributed by atoms with Crippen molar-refractivity contribution in [3.05, 3.63) is 60.1 Å². The van der Waals surface area contributed by atoms with Gasteiger partial charge in [0.2, 0.25) is 5.91 Å². The smallest absolute Gasteiger partial charge is 0.289 e. The maximum atomic E-state index is 13.6. The van der Waals surface area contributed by atoms with Crippen molar-refractivity contribution >= 4 is 17.7 Å². The first-order valence-corrected chi connectivity index (χ1v) is 11.2. The molecule has 1 atom stereocenters. The molecule has 176 valence electrons. The van der Waals surface area contributed by atoms with Crippen LogP contribution < -0.4 is 5.32 Å². The minimum absolute atomic E-state index is 0.112. The number of piperidine rings is 1. The number of rotatable bonds is 7. The lowest BCUT2D eigenvalue weighted by Gasteiger charge is -2.44. The zero-order chi connectivity index (χ0) is 23.3. The Morgan fingerprint density at radius 3 is 2.52 bits per heavy atom. The number of methoxy groups -OCH3 is 1. The van der Waals surface area contributed by atoms with Gasteiger partial charge in [0.1, 0.15) is 11.8 Å². The molecule has 0 aliphatic carbocycles. The molecule has 1 unspecified atom stereocenters. The van der Waals surface area contributed by atoms with Crippen molar-refractivity contribution in [2.75, 3.05) is 40.0 Å². The third-order valence-electron chi connectivity index (χ3n) is 6.19. The summed E-state index contributed by atoms with van der Waals surface area (Å²) < 4.78 is 16.4. The normalized spacial score (nSPS) is 19.6. The lowest BCUT2D eigenvalue weighted by molar-refractivity contribution is -0.128. The molecule has 2 fully saturated rings. The Morgan fingerprint density at radius 2 is 1.85 bits per heavy atom. The Labute approximate surface area is 192 Å². The SMILES string of the molecule is COCCCNC(=O)C1COC2(CCN(C(=O)c3ccco3)CC2)N1C(=O)c1ccccc1. The number of carbonyl (C=O) groups excluding carboxylic acids is 3. The van der Waals surface area contributed by atoms with Crippen LogP contribution in [0.3, 0.4) is 0 Å². The van der Waals surface area contributed by atoms with Crippen LogP contribution in [-0.2, 0) is 14.3 Å². The maximum absolute atomic E-state index is 13.6. The van der Waals surface area contributed by atoms with E-state index in [0.29, 0.717) is 51.1 Å². The highest BCUT2D eigenvalue weighted by molar-refractivity contribution is 5.98. The fraction of sp³-hybridized carbons (Fsp3) is 0.458. The van der Waals surface area contributed by atoms with Gasteiger partial charge in [0, 0.05) is 51.8 Å². The molecule has 1 N–H and O–H groups in total. The van der Waals surface area contributed by atoms with E-state index in [2.05, 4.69) is 5.32 Å². The van der Waals surface area contributed by atoms with Crippen molar-refractivity contribution in [1.29, 1.82) is 0 Å². The van der Waals surface area contributed by atoms with Gasteiger partial charge in [0.25, 0.3) is 11.8 Å². The van der Waals surface area contributed by atoms with Gasteiger partial charge in [-0.15, -0.1) is 0 Å². The summed E-state index contributed by atoms with van der Waals surface area (Å²) in [5.41, 5.74) is -0.449. The maximum Gasteiger partial charge on any atom is 0.289 e. The summed E-state index contributed by atoms with van der Waals surface area (Å²) in [6, 6.07) is 11.5. The molecule has 4 rings (SSSR count). The van der Waals surface area contributed by atoms with Crippen molar-refractivity contribution < 1.29 is 28.3 Å². The Morgan fingerprint density at radius 1 is 1.09 bits per heavy atom. The van der Waals surface area contributed by atoms with Gasteiger partial charge in [-0.25, -0.2) is 0 Å². The molecule has 1 spiro atoms. The molecular formula is C24H29N3O6. The Bertz CT molecular complexity index is 954. The molecule has 0 bridgehead atoms. The quantitative estimate of drug-likeness (QED) is 0.640. The molecule has 9 heteroatoms. The highest BCUT2D eigenvalue weighted by atomic mass is 16.5. The van der Waals surface area contributed by atoms with Gasteiger partial charge in [-0.2, -0.15) is 0 Å². The summed E-state index contributed by atoms with van der Waals surface area (Å²) in [5, 5.41) is 2.89. The van der Waals surface area contributed by atoms with Crippen LogP contribution in [0.25, 0.3) is 0 Å². The van der Waals surface area contributed by atoms with Crippen LogP contribution in [0.15, 0.2) is 53.1 Å². The van der Waals surface area contributed by atoms with E-state index in [1.807, 2.05) is 6.07 Å². The molecule has 2 saturated heterocycles. The number of amides is 3. The van der Waals surface area contributed by atoms with Crippen LogP contribution in [0, 0.1) is 0 Å². The topological polar surface area (TPSA) is 101 Å². The van der Waals surface area contributed by atoms with E-state index in [-0.39, 0.29) is 30.1 Å². The van der Waals surface area contributed by atoms with E-state index in [9.17, 15) is 14.4 Å². The first-order valence-electron chi connectivity index (χ1n) is 11.2. The number of carbonyl (C=O) groups is 3. The molecule has 2 aromatic rings. The molecular weight excluding hydrogens is 426 g/mol. The molecule has 0 saturated carbocycles. The van der Waals surface area contributed by atoms with E-state index >= 15 is 0 Å². The van der Waals surface area contributed by atoms with E-state index in [1.165, 1.54) is 6.26 Å². The van der Waals surface area contributed by atoms with Gasteiger partial charge in [0.15, 0.2) is 5.76 Å². The fourth-order valence-electron chi connectivity index (χ4n) is 4.45. The zero-order valence-corrected chi connectivity index (χ0v) is 18.7. The molecule has 33 heavy (non-hydrogen) atoms. The minimum Gasteiger partial charge on any atom is -0.459 e. The van der Waals surface area contributed by atoms with E-state index < -0.39 is 11.8 Å². The predicted molar refractivity (Wildman–Crippen MR) is 118 cm³/mol. The van der Waals surface area contributed by atoms with Crippen LogP contribution in [0.5, 0.6) is 0 Å². The molecule has 3 heterocycles. The van der Waals surface area contributed by atoms with Gasteiger partial charge in [-0.1, -0.05) is 18.2 Å². The molecule has 2 aliphatic rings. The van der Waals surface area contributed by atoms with Crippen molar-refractivity contribution in [2.45, 2.75) is 31.0 Å². The average Bonchev–Trinajstić information content (AvgIpc) is 3.51. The van der Waals surface area contributed by atoms with Crippen LogP contribution in [0.2, 0.25) is 0 Å². The first-order chi connectivity index (χ1) is 16.1. The second-order valence-electron chi connectivity index (χ2n) is 8.22. The summed E-state index contributed by atoms with van der Waals surface area (Å²) in [5.74, 6) is -0.414. The predicted octanol–water partition coefficient (Wildman–Crippen LogP) is 1.91. The van der Waals surface area contributed by atoms with Crippen LogP contribution in [0.4, 0.5) is 0 Å². The molecule has 1 aromatic carbocycles.